The summed E-state index contributed by atoms with van der Waals surface area (Å²) in [7, 11) is 0. The van der Waals surface area contributed by atoms with E-state index in [4.69, 9.17) is 0 Å². The predicted octanol–water partition coefficient (Wildman–Crippen LogP) is 2.17. The zero-order valence-corrected chi connectivity index (χ0v) is 8.63. The third-order valence-corrected chi connectivity index (χ3v) is 3.21. The van der Waals surface area contributed by atoms with Gasteiger partial charge in [0.05, 0.1) is 6.20 Å². The lowest BCUT2D eigenvalue weighted by Gasteiger charge is -2.19. The number of nitrogens with zero attached hydrogens (tertiary/aromatic N) is 4. The van der Waals surface area contributed by atoms with Crippen LogP contribution in [0.5, 0.6) is 0 Å². The van der Waals surface area contributed by atoms with Crippen molar-refractivity contribution in [1.82, 2.24) is 19.6 Å². The Morgan fingerprint density at radius 1 is 1.13 bits per heavy atom. The van der Waals surface area contributed by atoms with Gasteiger partial charge in [0.1, 0.15) is 5.82 Å². The highest BCUT2D eigenvalue weighted by Crippen LogP contribution is 2.31. The maximum Gasteiger partial charge on any atom is 0.179 e. The monoisotopic (exact) mass is 202 g/mol. The molecule has 1 fully saturated rings. The largest absolute Gasteiger partial charge is 0.283 e. The highest BCUT2D eigenvalue weighted by atomic mass is 15.3. The number of aromatic nitrogens is 4. The Hall–Kier alpha value is -1.45. The molecule has 2 aromatic rings. The van der Waals surface area contributed by atoms with E-state index in [1.54, 1.807) is 12.4 Å². The van der Waals surface area contributed by atoms with Crippen LogP contribution in [0.2, 0.25) is 0 Å². The average molecular weight is 202 g/mol. The van der Waals surface area contributed by atoms with Crippen LogP contribution in [0.4, 0.5) is 0 Å². The predicted molar refractivity (Wildman–Crippen MR) is 56.6 cm³/mol. The zero-order chi connectivity index (χ0) is 10.1. The Labute approximate surface area is 88.4 Å². The summed E-state index contributed by atoms with van der Waals surface area (Å²) in [4.78, 5) is 4.05. The van der Waals surface area contributed by atoms with Crippen LogP contribution < -0.4 is 0 Å². The Morgan fingerprint density at radius 3 is 2.87 bits per heavy atom. The maximum absolute atomic E-state index is 4.29. The highest BCUT2D eigenvalue weighted by molar-refractivity contribution is 5.34. The summed E-state index contributed by atoms with van der Waals surface area (Å²) < 4.78 is 2.07. The Morgan fingerprint density at radius 2 is 2.00 bits per heavy atom. The Balaban J connectivity index is 2.02. The van der Waals surface area contributed by atoms with Crippen molar-refractivity contribution in [1.29, 1.82) is 0 Å². The van der Waals surface area contributed by atoms with E-state index in [1.807, 2.05) is 6.20 Å². The summed E-state index contributed by atoms with van der Waals surface area (Å²) >= 11 is 0. The second kappa shape index (κ2) is 3.61. The molecule has 2 heterocycles. The topological polar surface area (TPSA) is 43.1 Å². The van der Waals surface area contributed by atoms with E-state index in [9.17, 15) is 0 Å². The summed E-state index contributed by atoms with van der Waals surface area (Å²) in [5.74, 6) is 1.71. The minimum atomic E-state index is 0.594. The van der Waals surface area contributed by atoms with Gasteiger partial charge in [0.2, 0.25) is 0 Å². The van der Waals surface area contributed by atoms with Crippen molar-refractivity contribution < 1.29 is 0 Å². The Kier molecular flexibility index (Phi) is 2.12. The molecule has 0 spiro atoms. The fraction of sp³-hybridized carbons (Fsp3) is 0.545. The van der Waals surface area contributed by atoms with Gasteiger partial charge < -0.3 is 0 Å². The molecule has 78 valence electrons. The van der Waals surface area contributed by atoms with Crippen molar-refractivity contribution in [3.8, 4) is 0 Å². The van der Waals surface area contributed by atoms with Gasteiger partial charge in [-0.2, -0.15) is 0 Å². The van der Waals surface area contributed by atoms with Crippen molar-refractivity contribution in [3.05, 3.63) is 24.4 Å². The van der Waals surface area contributed by atoms with Crippen LogP contribution in [0.1, 0.15) is 43.8 Å². The standard InChI is InChI=1S/C11H14N4/c1-2-4-9(5-3-1)11-14-13-10-8-12-6-7-15(10)11/h6-9H,1-5H2. The minimum Gasteiger partial charge on any atom is -0.283 e. The van der Waals surface area contributed by atoms with Gasteiger partial charge in [-0.3, -0.25) is 9.38 Å². The molecule has 2 aromatic heterocycles. The molecule has 0 bridgehead atoms. The van der Waals surface area contributed by atoms with Crippen molar-refractivity contribution in [3.63, 3.8) is 0 Å². The van der Waals surface area contributed by atoms with E-state index < -0.39 is 0 Å². The summed E-state index contributed by atoms with van der Waals surface area (Å²) in [5, 5.41) is 8.44. The van der Waals surface area contributed by atoms with Crippen LogP contribution in [0.25, 0.3) is 5.65 Å². The average Bonchev–Trinajstić information content (AvgIpc) is 2.74. The van der Waals surface area contributed by atoms with E-state index in [0.29, 0.717) is 5.92 Å². The lowest BCUT2D eigenvalue weighted by atomic mass is 9.89. The zero-order valence-electron chi connectivity index (χ0n) is 8.63. The fourth-order valence-electron chi connectivity index (χ4n) is 2.41. The van der Waals surface area contributed by atoms with Crippen LogP contribution in [-0.2, 0) is 0 Å². The second-order valence-electron chi connectivity index (χ2n) is 4.20. The van der Waals surface area contributed by atoms with E-state index >= 15 is 0 Å². The normalized spacial score (nSPS) is 18.4. The third kappa shape index (κ3) is 1.50. The smallest absolute Gasteiger partial charge is 0.179 e. The van der Waals surface area contributed by atoms with Gasteiger partial charge in [-0.25, -0.2) is 0 Å². The first-order valence-electron chi connectivity index (χ1n) is 5.60. The summed E-state index contributed by atoms with van der Waals surface area (Å²) in [6, 6.07) is 0. The van der Waals surface area contributed by atoms with E-state index in [-0.39, 0.29) is 0 Å². The van der Waals surface area contributed by atoms with Gasteiger partial charge in [-0.05, 0) is 12.8 Å². The second-order valence-corrected chi connectivity index (χ2v) is 4.20. The van der Waals surface area contributed by atoms with E-state index in [2.05, 4.69) is 19.6 Å². The number of rotatable bonds is 1. The molecule has 0 aromatic carbocycles. The quantitative estimate of drug-likeness (QED) is 0.711. The lowest BCUT2D eigenvalue weighted by molar-refractivity contribution is 0.426. The summed E-state index contributed by atoms with van der Waals surface area (Å²) in [6.07, 6.45) is 12.0. The summed E-state index contributed by atoms with van der Waals surface area (Å²) in [6.45, 7) is 0. The highest BCUT2D eigenvalue weighted by Gasteiger charge is 2.20. The maximum atomic E-state index is 4.29. The van der Waals surface area contributed by atoms with Crippen molar-refractivity contribution in [2.24, 2.45) is 0 Å². The van der Waals surface area contributed by atoms with E-state index in [1.165, 1.54) is 32.1 Å². The van der Waals surface area contributed by atoms with Gasteiger partial charge >= 0.3 is 0 Å². The van der Waals surface area contributed by atoms with Crippen LogP contribution in [0.15, 0.2) is 18.6 Å². The molecule has 0 N–H and O–H groups in total. The van der Waals surface area contributed by atoms with Crippen molar-refractivity contribution in [2.75, 3.05) is 0 Å². The SMILES string of the molecule is c1cn2c(C3CCCCC3)nnc2cn1. The molecule has 0 atom stereocenters. The van der Waals surface area contributed by atoms with Gasteiger partial charge in [0.15, 0.2) is 5.65 Å². The molecule has 4 heteroatoms. The molecule has 0 unspecified atom stereocenters. The Bertz CT molecular complexity index is 456. The van der Waals surface area contributed by atoms with Crippen LogP contribution >= 0.6 is 0 Å². The van der Waals surface area contributed by atoms with Crippen LogP contribution in [0, 0.1) is 0 Å². The number of fused-ring (bicyclic) bond motifs is 1. The number of hydrogen-bond acceptors (Lipinski definition) is 3. The molecule has 3 rings (SSSR count). The molecule has 1 aliphatic carbocycles. The molecule has 0 aliphatic heterocycles. The molecular formula is C11H14N4. The minimum absolute atomic E-state index is 0.594. The molecule has 0 amide bonds. The van der Waals surface area contributed by atoms with Crippen LogP contribution in [0.3, 0.4) is 0 Å². The molecular weight excluding hydrogens is 188 g/mol. The van der Waals surface area contributed by atoms with Gasteiger partial charge in [-0.1, -0.05) is 19.3 Å². The molecule has 1 aliphatic rings. The van der Waals surface area contributed by atoms with Gasteiger partial charge in [-0.15, -0.1) is 10.2 Å². The molecule has 0 saturated heterocycles. The first kappa shape index (κ1) is 8.83. The van der Waals surface area contributed by atoms with Crippen molar-refractivity contribution >= 4 is 5.65 Å². The van der Waals surface area contributed by atoms with Crippen molar-refractivity contribution in [2.45, 2.75) is 38.0 Å². The van der Waals surface area contributed by atoms with Gasteiger partial charge in [0.25, 0.3) is 0 Å². The fourth-order valence-corrected chi connectivity index (χ4v) is 2.41. The number of hydrogen-bond donors (Lipinski definition) is 0. The lowest BCUT2D eigenvalue weighted by Crippen LogP contribution is -2.08. The summed E-state index contributed by atoms with van der Waals surface area (Å²) in [5.41, 5.74) is 0.859. The van der Waals surface area contributed by atoms with Gasteiger partial charge in [0, 0.05) is 18.3 Å². The van der Waals surface area contributed by atoms with Crippen LogP contribution in [-0.4, -0.2) is 19.6 Å². The first-order valence-corrected chi connectivity index (χ1v) is 5.60. The third-order valence-electron chi connectivity index (χ3n) is 3.21. The molecule has 0 radical (unpaired) electrons. The molecule has 15 heavy (non-hydrogen) atoms. The van der Waals surface area contributed by atoms with E-state index in [0.717, 1.165) is 11.5 Å². The molecule has 1 saturated carbocycles. The first-order chi connectivity index (χ1) is 7.45. The molecule has 4 nitrogen and oxygen atoms in total.